The average molecular weight is 490 g/mol. The van der Waals surface area contributed by atoms with E-state index in [1.165, 1.54) is 4.31 Å². The van der Waals surface area contributed by atoms with E-state index in [4.69, 9.17) is 0 Å². The van der Waals surface area contributed by atoms with Gasteiger partial charge >= 0.3 is 0 Å². The molecule has 32 heavy (non-hydrogen) atoms. The predicted molar refractivity (Wildman–Crippen MR) is 129 cm³/mol. The quantitative estimate of drug-likeness (QED) is 0.514. The Balaban J connectivity index is 1.24. The molecule has 9 heteroatoms. The molecule has 0 aliphatic carbocycles. The Bertz CT molecular complexity index is 1130. The molecule has 1 saturated heterocycles. The average Bonchev–Trinajstić information content (AvgIpc) is 3.51. The van der Waals surface area contributed by atoms with Crippen molar-refractivity contribution in [3.05, 3.63) is 58.4 Å². The van der Waals surface area contributed by atoms with Gasteiger partial charge in [0.1, 0.15) is 5.01 Å². The largest absolute Gasteiger partial charge is 0.355 e. The van der Waals surface area contributed by atoms with Gasteiger partial charge in [-0.25, -0.2) is 13.4 Å². The van der Waals surface area contributed by atoms with Crippen LogP contribution < -0.4 is 5.32 Å². The van der Waals surface area contributed by atoms with E-state index < -0.39 is 10.0 Å². The molecule has 2 aromatic heterocycles. The maximum Gasteiger partial charge on any atom is 0.243 e. The highest BCUT2D eigenvalue weighted by Crippen LogP contribution is 2.28. The van der Waals surface area contributed by atoms with Crippen LogP contribution in [0.2, 0.25) is 0 Å². The topological polar surface area (TPSA) is 79.4 Å². The van der Waals surface area contributed by atoms with E-state index in [2.05, 4.69) is 16.4 Å². The summed E-state index contributed by atoms with van der Waals surface area (Å²) >= 11 is 3.29. The smallest absolute Gasteiger partial charge is 0.243 e. The molecule has 0 atom stereocenters. The number of hydrogen-bond acceptors (Lipinski definition) is 6. The van der Waals surface area contributed by atoms with Crippen LogP contribution in [0.1, 0.15) is 31.0 Å². The van der Waals surface area contributed by atoms with Gasteiger partial charge in [-0.2, -0.15) is 4.31 Å². The fourth-order valence-electron chi connectivity index (χ4n) is 3.80. The minimum atomic E-state index is -3.51. The summed E-state index contributed by atoms with van der Waals surface area (Å²) in [6.45, 7) is 3.31. The van der Waals surface area contributed by atoms with E-state index >= 15 is 0 Å². The number of hydrogen-bond donors (Lipinski definition) is 1. The van der Waals surface area contributed by atoms with Crippen LogP contribution in [-0.2, 0) is 27.7 Å². The molecule has 1 aliphatic heterocycles. The molecule has 4 rings (SSSR count). The van der Waals surface area contributed by atoms with E-state index in [1.807, 2.05) is 35.9 Å². The Kier molecular flexibility index (Phi) is 7.40. The lowest BCUT2D eigenvalue weighted by atomic mass is 9.97. The third kappa shape index (κ3) is 5.28. The van der Waals surface area contributed by atoms with Gasteiger partial charge in [0, 0.05) is 37.4 Å². The summed E-state index contributed by atoms with van der Waals surface area (Å²) < 4.78 is 27.3. The SMILES string of the molecule is CCc1ccc(S(=O)(=O)N2CCC(C(=O)NCCc3csc(-c4cccs4)n3)CC2)cc1. The van der Waals surface area contributed by atoms with Gasteiger partial charge in [-0.1, -0.05) is 25.1 Å². The maximum atomic E-state index is 12.9. The number of thiophene rings is 1. The maximum absolute atomic E-state index is 12.9. The molecule has 0 saturated carbocycles. The first-order valence-electron chi connectivity index (χ1n) is 10.8. The molecule has 1 aromatic carbocycles. The number of carbonyl (C=O) groups excluding carboxylic acids is 1. The van der Waals surface area contributed by atoms with Crippen molar-refractivity contribution in [1.82, 2.24) is 14.6 Å². The fraction of sp³-hybridized carbons (Fsp3) is 0.391. The number of sulfonamides is 1. The first-order valence-corrected chi connectivity index (χ1v) is 14.0. The van der Waals surface area contributed by atoms with Gasteiger partial charge in [0.2, 0.25) is 15.9 Å². The summed E-state index contributed by atoms with van der Waals surface area (Å²) in [5.74, 6) is -0.149. The van der Waals surface area contributed by atoms with Crippen molar-refractivity contribution in [3.63, 3.8) is 0 Å². The van der Waals surface area contributed by atoms with Crippen LogP contribution in [0.5, 0.6) is 0 Å². The highest BCUT2D eigenvalue weighted by molar-refractivity contribution is 7.89. The lowest BCUT2D eigenvalue weighted by Crippen LogP contribution is -2.43. The summed E-state index contributed by atoms with van der Waals surface area (Å²) in [7, 11) is -3.51. The third-order valence-corrected chi connectivity index (χ3v) is 9.60. The molecule has 0 radical (unpaired) electrons. The van der Waals surface area contributed by atoms with E-state index in [9.17, 15) is 13.2 Å². The second-order valence-corrected chi connectivity index (χ2v) is 11.6. The normalized spacial score (nSPS) is 15.7. The number of piperidine rings is 1. The third-order valence-electron chi connectivity index (χ3n) is 5.76. The van der Waals surface area contributed by atoms with Gasteiger partial charge in [-0.3, -0.25) is 4.79 Å². The van der Waals surface area contributed by atoms with Gasteiger partial charge in [0.05, 0.1) is 15.5 Å². The molecule has 1 aliphatic rings. The Morgan fingerprint density at radius 3 is 2.56 bits per heavy atom. The molecule has 0 unspecified atom stereocenters. The number of carbonyl (C=O) groups is 1. The standard InChI is InChI=1S/C23H27N3O3S3/c1-2-17-5-7-20(8-6-17)32(28,29)26-13-10-18(11-14-26)22(27)24-12-9-19-16-31-23(25-19)21-4-3-15-30-21/h3-8,15-16,18H,2,9-14H2,1H3,(H,24,27). The molecule has 1 fully saturated rings. The summed E-state index contributed by atoms with van der Waals surface area (Å²) in [6.07, 6.45) is 2.64. The molecule has 0 bridgehead atoms. The first kappa shape index (κ1) is 23.1. The molecule has 3 heterocycles. The van der Waals surface area contributed by atoms with Crippen LogP contribution in [0.3, 0.4) is 0 Å². The summed E-state index contributed by atoms with van der Waals surface area (Å²) in [5, 5.41) is 8.09. The van der Waals surface area contributed by atoms with Crippen LogP contribution in [0.4, 0.5) is 0 Å². The number of thiazole rings is 1. The second kappa shape index (κ2) is 10.2. The molecule has 1 N–H and O–H groups in total. The van der Waals surface area contributed by atoms with Gasteiger partial charge < -0.3 is 5.32 Å². The van der Waals surface area contributed by atoms with Crippen LogP contribution in [0.15, 0.2) is 52.1 Å². The van der Waals surface area contributed by atoms with Crippen molar-refractivity contribution < 1.29 is 13.2 Å². The van der Waals surface area contributed by atoms with Crippen LogP contribution in [0, 0.1) is 5.92 Å². The van der Waals surface area contributed by atoms with Crippen molar-refractivity contribution in [2.24, 2.45) is 5.92 Å². The van der Waals surface area contributed by atoms with E-state index in [1.54, 1.807) is 34.8 Å². The number of amides is 1. The monoisotopic (exact) mass is 489 g/mol. The lowest BCUT2D eigenvalue weighted by molar-refractivity contribution is -0.126. The minimum Gasteiger partial charge on any atom is -0.355 e. The van der Waals surface area contributed by atoms with Crippen molar-refractivity contribution in [1.29, 1.82) is 0 Å². The lowest BCUT2D eigenvalue weighted by Gasteiger charge is -2.30. The number of nitrogens with one attached hydrogen (secondary N) is 1. The summed E-state index contributed by atoms with van der Waals surface area (Å²) in [4.78, 5) is 18.7. The second-order valence-electron chi connectivity index (χ2n) is 7.84. The number of rotatable bonds is 8. The summed E-state index contributed by atoms with van der Waals surface area (Å²) in [5.41, 5.74) is 2.09. The highest BCUT2D eigenvalue weighted by Gasteiger charge is 2.32. The van der Waals surface area contributed by atoms with Crippen molar-refractivity contribution >= 4 is 38.6 Å². The van der Waals surface area contributed by atoms with Gasteiger partial charge in [-0.15, -0.1) is 22.7 Å². The molecule has 0 spiro atoms. The zero-order valence-electron chi connectivity index (χ0n) is 18.0. The van der Waals surface area contributed by atoms with Gasteiger partial charge in [-0.05, 0) is 48.4 Å². The molecule has 1 amide bonds. The Labute approximate surface area is 197 Å². The molecule has 3 aromatic rings. The molecular weight excluding hydrogens is 462 g/mol. The zero-order chi connectivity index (χ0) is 22.6. The predicted octanol–water partition coefficient (Wildman–Crippen LogP) is 4.19. The Morgan fingerprint density at radius 2 is 1.91 bits per heavy atom. The molecule has 6 nitrogen and oxygen atoms in total. The number of benzene rings is 1. The van der Waals surface area contributed by atoms with Crippen molar-refractivity contribution in [2.75, 3.05) is 19.6 Å². The summed E-state index contributed by atoms with van der Waals surface area (Å²) in [6, 6.07) is 11.1. The Hall–Kier alpha value is -2.07. The first-order chi connectivity index (χ1) is 15.5. The van der Waals surface area contributed by atoms with E-state index in [0.29, 0.717) is 43.8 Å². The van der Waals surface area contributed by atoms with Gasteiger partial charge in [0.25, 0.3) is 0 Å². The van der Waals surface area contributed by atoms with E-state index in [-0.39, 0.29) is 11.8 Å². The van der Waals surface area contributed by atoms with Crippen LogP contribution in [-0.4, -0.2) is 43.2 Å². The van der Waals surface area contributed by atoms with Gasteiger partial charge in [0.15, 0.2) is 0 Å². The van der Waals surface area contributed by atoms with Crippen LogP contribution >= 0.6 is 22.7 Å². The Morgan fingerprint density at radius 1 is 1.16 bits per heavy atom. The van der Waals surface area contributed by atoms with Crippen molar-refractivity contribution in [2.45, 2.75) is 37.5 Å². The number of aryl methyl sites for hydroxylation is 1. The number of aromatic nitrogens is 1. The van der Waals surface area contributed by atoms with Crippen molar-refractivity contribution in [3.8, 4) is 9.88 Å². The number of nitrogens with zero attached hydrogens (tertiary/aromatic N) is 2. The van der Waals surface area contributed by atoms with E-state index in [0.717, 1.165) is 27.6 Å². The highest BCUT2D eigenvalue weighted by atomic mass is 32.2. The zero-order valence-corrected chi connectivity index (χ0v) is 20.4. The van der Waals surface area contributed by atoms with Crippen LogP contribution in [0.25, 0.3) is 9.88 Å². The minimum absolute atomic E-state index is 0.00283. The fourth-order valence-corrected chi connectivity index (χ4v) is 6.94. The molecular formula is C23H27N3O3S3. The molecule has 170 valence electrons.